The van der Waals surface area contributed by atoms with Crippen LogP contribution in [0, 0.1) is 13.8 Å². The lowest BCUT2D eigenvalue weighted by atomic mass is 10.1. The first-order valence-electron chi connectivity index (χ1n) is 8.81. The highest BCUT2D eigenvalue weighted by molar-refractivity contribution is 5.86. The normalized spacial score (nSPS) is 10.7. The maximum Gasteiger partial charge on any atom is 0.236 e. The van der Waals surface area contributed by atoms with Gasteiger partial charge in [0.2, 0.25) is 5.91 Å². The predicted octanol–water partition coefficient (Wildman–Crippen LogP) is 3.63. The smallest absolute Gasteiger partial charge is 0.236 e. The second kappa shape index (κ2) is 10.2. The third-order valence-corrected chi connectivity index (χ3v) is 4.00. The zero-order valence-corrected chi connectivity index (χ0v) is 16.2. The Kier molecular flexibility index (Phi) is 7.67. The molecule has 0 bridgehead atoms. The number of hydrogen-bond donors (Lipinski definition) is 1. The summed E-state index contributed by atoms with van der Waals surface area (Å²) < 4.78 is 17.1. The number of nitrogens with zero attached hydrogens (tertiary/aromatic N) is 1. The largest absolute Gasteiger partial charge is 0.493 e. The number of benzene rings is 2. The zero-order valence-electron chi connectivity index (χ0n) is 16.2. The molecule has 0 fully saturated rings. The SMILES string of the molecule is COc1cccc(/C=N/NC(C)=O)c1OCCCOc1cccc(C)c1C. The molecule has 0 radical (unpaired) electrons. The van der Waals surface area contributed by atoms with Crippen LogP contribution in [0.4, 0.5) is 0 Å². The molecule has 0 aliphatic carbocycles. The van der Waals surface area contributed by atoms with Crippen LogP contribution in [0.2, 0.25) is 0 Å². The van der Waals surface area contributed by atoms with Crippen LogP contribution in [0.15, 0.2) is 41.5 Å². The van der Waals surface area contributed by atoms with Crippen LogP contribution >= 0.6 is 0 Å². The second-order valence-corrected chi connectivity index (χ2v) is 6.05. The van der Waals surface area contributed by atoms with Crippen molar-refractivity contribution in [2.45, 2.75) is 27.2 Å². The van der Waals surface area contributed by atoms with Gasteiger partial charge in [-0.15, -0.1) is 0 Å². The Balaban J connectivity index is 1.93. The molecule has 0 spiro atoms. The topological polar surface area (TPSA) is 69.2 Å². The monoisotopic (exact) mass is 370 g/mol. The highest BCUT2D eigenvalue weighted by Gasteiger charge is 2.09. The van der Waals surface area contributed by atoms with Gasteiger partial charge >= 0.3 is 0 Å². The van der Waals surface area contributed by atoms with E-state index in [2.05, 4.69) is 30.4 Å². The number of carbonyl (C=O) groups is 1. The van der Waals surface area contributed by atoms with Gasteiger partial charge in [-0.2, -0.15) is 5.10 Å². The van der Waals surface area contributed by atoms with Gasteiger partial charge in [-0.3, -0.25) is 4.79 Å². The van der Waals surface area contributed by atoms with Gasteiger partial charge in [0.25, 0.3) is 0 Å². The summed E-state index contributed by atoms with van der Waals surface area (Å²) in [5.74, 6) is 1.86. The van der Waals surface area contributed by atoms with Crippen LogP contribution in [0.5, 0.6) is 17.2 Å². The van der Waals surface area contributed by atoms with Crippen LogP contribution in [-0.4, -0.2) is 32.4 Å². The Morgan fingerprint density at radius 2 is 1.78 bits per heavy atom. The number of ether oxygens (including phenoxy) is 3. The van der Waals surface area contributed by atoms with Gasteiger partial charge in [0.1, 0.15) is 5.75 Å². The van der Waals surface area contributed by atoms with Crippen LogP contribution in [0.1, 0.15) is 30.0 Å². The molecule has 2 rings (SSSR count). The van der Waals surface area contributed by atoms with Gasteiger partial charge in [-0.05, 0) is 43.2 Å². The van der Waals surface area contributed by atoms with E-state index in [0.717, 1.165) is 16.9 Å². The summed E-state index contributed by atoms with van der Waals surface area (Å²) in [6.45, 7) is 6.53. The fourth-order valence-electron chi connectivity index (χ4n) is 2.44. The maximum atomic E-state index is 11.0. The molecule has 1 N–H and O–H groups in total. The lowest BCUT2D eigenvalue weighted by molar-refractivity contribution is -0.118. The van der Waals surface area contributed by atoms with Crippen LogP contribution in [0.25, 0.3) is 0 Å². The number of hydrogen-bond acceptors (Lipinski definition) is 5. The van der Waals surface area contributed by atoms with Gasteiger partial charge in [-0.1, -0.05) is 18.2 Å². The van der Waals surface area contributed by atoms with E-state index in [1.165, 1.54) is 18.7 Å². The molecule has 0 atom stereocenters. The summed E-state index contributed by atoms with van der Waals surface area (Å²) >= 11 is 0. The number of methoxy groups -OCH3 is 1. The lowest BCUT2D eigenvalue weighted by Crippen LogP contribution is -2.12. The molecule has 144 valence electrons. The quantitative estimate of drug-likeness (QED) is 0.416. The standard InChI is InChI=1S/C21H26N2O4/c1-15-8-5-10-19(16(15)2)26-12-7-13-27-21-18(14-22-23-17(3)24)9-6-11-20(21)25-4/h5-6,8-11,14H,7,12-13H2,1-4H3,(H,23,24)/b22-14+. The molecule has 2 aromatic carbocycles. The molecular weight excluding hydrogens is 344 g/mol. The number of nitrogens with one attached hydrogen (secondary N) is 1. The van der Waals surface area contributed by atoms with Crippen LogP contribution < -0.4 is 19.6 Å². The molecule has 0 aliphatic heterocycles. The molecule has 0 saturated heterocycles. The van der Waals surface area contributed by atoms with Crippen molar-refractivity contribution in [3.63, 3.8) is 0 Å². The zero-order chi connectivity index (χ0) is 19.6. The van der Waals surface area contributed by atoms with Gasteiger partial charge in [0, 0.05) is 18.9 Å². The number of para-hydroxylation sites is 1. The van der Waals surface area contributed by atoms with E-state index < -0.39 is 0 Å². The molecule has 27 heavy (non-hydrogen) atoms. The minimum absolute atomic E-state index is 0.236. The van der Waals surface area contributed by atoms with Crippen molar-refractivity contribution in [2.75, 3.05) is 20.3 Å². The fourth-order valence-corrected chi connectivity index (χ4v) is 2.44. The Bertz CT molecular complexity index is 803. The van der Waals surface area contributed by atoms with Crippen molar-refractivity contribution in [3.05, 3.63) is 53.1 Å². The summed E-state index contributed by atoms with van der Waals surface area (Å²) in [4.78, 5) is 11.0. The minimum atomic E-state index is -0.236. The number of aryl methyl sites for hydroxylation is 1. The first-order chi connectivity index (χ1) is 13.0. The molecule has 6 nitrogen and oxygen atoms in total. The van der Waals surface area contributed by atoms with E-state index in [0.29, 0.717) is 31.1 Å². The molecule has 1 amide bonds. The van der Waals surface area contributed by atoms with Crippen molar-refractivity contribution in [1.29, 1.82) is 0 Å². The molecule has 6 heteroatoms. The highest BCUT2D eigenvalue weighted by Crippen LogP contribution is 2.30. The van der Waals surface area contributed by atoms with E-state index in [1.807, 2.05) is 30.3 Å². The average Bonchev–Trinajstić information content (AvgIpc) is 2.65. The van der Waals surface area contributed by atoms with Crippen LogP contribution in [-0.2, 0) is 4.79 Å². The minimum Gasteiger partial charge on any atom is -0.493 e. The van der Waals surface area contributed by atoms with Crippen molar-refractivity contribution in [2.24, 2.45) is 5.10 Å². The Morgan fingerprint density at radius 1 is 1.07 bits per heavy atom. The molecular formula is C21H26N2O4. The van der Waals surface area contributed by atoms with Gasteiger partial charge in [0.05, 0.1) is 26.5 Å². The van der Waals surface area contributed by atoms with E-state index >= 15 is 0 Å². The van der Waals surface area contributed by atoms with Gasteiger partial charge < -0.3 is 14.2 Å². The van der Waals surface area contributed by atoms with E-state index in [-0.39, 0.29) is 5.91 Å². The molecule has 0 saturated carbocycles. The summed E-state index contributed by atoms with van der Waals surface area (Å²) in [5, 5.41) is 3.89. The number of hydrazone groups is 1. The van der Waals surface area contributed by atoms with Crippen molar-refractivity contribution < 1.29 is 19.0 Å². The van der Waals surface area contributed by atoms with E-state index in [9.17, 15) is 4.79 Å². The van der Waals surface area contributed by atoms with Crippen molar-refractivity contribution in [3.8, 4) is 17.2 Å². The van der Waals surface area contributed by atoms with E-state index in [1.54, 1.807) is 7.11 Å². The predicted molar refractivity (Wildman–Crippen MR) is 106 cm³/mol. The van der Waals surface area contributed by atoms with Crippen LogP contribution in [0.3, 0.4) is 0 Å². The molecule has 0 heterocycles. The van der Waals surface area contributed by atoms with Gasteiger partial charge in [0.15, 0.2) is 11.5 Å². The summed E-state index contributed by atoms with van der Waals surface area (Å²) in [5.41, 5.74) is 5.46. The molecule has 0 aromatic heterocycles. The second-order valence-electron chi connectivity index (χ2n) is 6.05. The Labute approximate surface area is 160 Å². The average molecular weight is 370 g/mol. The molecule has 2 aromatic rings. The van der Waals surface area contributed by atoms with Crippen molar-refractivity contribution in [1.82, 2.24) is 5.43 Å². The molecule has 0 aliphatic rings. The number of rotatable bonds is 9. The maximum absolute atomic E-state index is 11.0. The highest BCUT2D eigenvalue weighted by atomic mass is 16.5. The third-order valence-electron chi connectivity index (χ3n) is 4.00. The number of carbonyl (C=O) groups excluding carboxylic acids is 1. The van der Waals surface area contributed by atoms with E-state index in [4.69, 9.17) is 14.2 Å². The first kappa shape index (κ1) is 20.3. The summed E-state index contributed by atoms with van der Waals surface area (Å²) in [6, 6.07) is 11.5. The summed E-state index contributed by atoms with van der Waals surface area (Å²) in [6.07, 6.45) is 2.25. The van der Waals surface area contributed by atoms with Gasteiger partial charge in [-0.25, -0.2) is 5.43 Å². The Morgan fingerprint density at radius 3 is 2.52 bits per heavy atom. The molecule has 0 unspecified atom stereocenters. The first-order valence-corrected chi connectivity index (χ1v) is 8.81. The fraction of sp³-hybridized carbons (Fsp3) is 0.333. The third kappa shape index (κ3) is 6.02. The Hall–Kier alpha value is -3.02. The summed E-state index contributed by atoms with van der Waals surface area (Å²) in [7, 11) is 1.58. The van der Waals surface area contributed by atoms with Crippen molar-refractivity contribution >= 4 is 12.1 Å². The number of amides is 1. The lowest BCUT2D eigenvalue weighted by Gasteiger charge is -2.14.